The normalized spacial score (nSPS) is 19.2. The number of anilines is 1. The molecule has 1 atom stereocenters. The molecule has 1 aliphatic heterocycles. The van der Waals surface area contributed by atoms with Crippen molar-refractivity contribution in [3.8, 4) is 5.75 Å². The fourth-order valence-corrected chi connectivity index (χ4v) is 6.30. The number of benzene rings is 2. The molecule has 2 aromatic rings. The van der Waals surface area contributed by atoms with Gasteiger partial charge in [0.1, 0.15) is 11.3 Å². The van der Waals surface area contributed by atoms with Gasteiger partial charge < -0.3 is 15.0 Å². The average molecular weight is 662 g/mol. The number of hydrogen-bond acceptors (Lipinski definition) is 6. The van der Waals surface area contributed by atoms with Crippen molar-refractivity contribution < 1.29 is 49.1 Å². The summed E-state index contributed by atoms with van der Waals surface area (Å²) in [6.07, 6.45) is -10.0. The summed E-state index contributed by atoms with van der Waals surface area (Å²) in [4.78, 5) is 28.4. The number of halogens is 6. The standard InChI is InChI=1S/C30H33F6N3O5S/c1-39(2)21-10-6-19(7-11-21)24-18-28(30(34,35)36,37-26(40)25(24)27(41)38-45(42,43)23-14-15-23)20-8-12-22(13-9-20)44-17-5-3-4-16-29(31,32)33/h6-13,23H,3-5,14-18H2,1-2H3,(H,37,40)(H,38,41). The second-order valence-corrected chi connectivity index (χ2v) is 13.3. The number of carbonyl (C=O) groups excluding carboxylic acids is 2. The number of hydrogen-bond donors (Lipinski definition) is 2. The highest BCUT2D eigenvalue weighted by molar-refractivity contribution is 7.91. The van der Waals surface area contributed by atoms with E-state index in [0.717, 1.165) is 12.1 Å². The molecule has 2 amide bonds. The molecule has 1 heterocycles. The van der Waals surface area contributed by atoms with Gasteiger partial charge in [-0.3, -0.25) is 9.59 Å². The molecule has 0 spiro atoms. The van der Waals surface area contributed by atoms with Gasteiger partial charge in [-0.1, -0.05) is 24.3 Å². The molecule has 0 aromatic heterocycles. The number of ether oxygens (including phenoxy) is 1. The van der Waals surface area contributed by atoms with Gasteiger partial charge in [0, 0.05) is 32.6 Å². The Kier molecular flexibility index (Phi) is 9.81. The lowest BCUT2D eigenvalue weighted by molar-refractivity contribution is -0.201. The molecule has 1 saturated carbocycles. The smallest absolute Gasteiger partial charge is 0.416 e. The van der Waals surface area contributed by atoms with E-state index >= 15 is 0 Å². The van der Waals surface area contributed by atoms with Gasteiger partial charge in [-0.15, -0.1) is 0 Å². The molecule has 4 rings (SSSR count). The summed E-state index contributed by atoms with van der Waals surface area (Å²) >= 11 is 0. The number of nitrogens with zero attached hydrogens (tertiary/aromatic N) is 1. The SMILES string of the molecule is CN(C)c1ccc(C2=C(C(=O)NS(=O)(=O)C3CC3)C(=O)NC(c3ccc(OCCCCCC(F)(F)F)cc3)(C(F)(F)F)C2)cc1. The van der Waals surface area contributed by atoms with Crippen LogP contribution < -0.4 is 19.7 Å². The minimum atomic E-state index is -5.07. The molecule has 0 bridgehead atoms. The quantitative estimate of drug-likeness (QED) is 0.175. The number of unbranched alkanes of at least 4 members (excludes halogenated alkanes) is 2. The first-order chi connectivity index (χ1) is 20.9. The zero-order valence-electron chi connectivity index (χ0n) is 24.5. The lowest BCUT2D eigenvalue weighted by atomic mass is 9.76. The topological polar surface area (TPSA) is 105 Å². The first kappa shape index (κ1) is 34.1. The second kappa shape index (κ2) is 12.9. The van der Waals surface area contributed by atoms with Crippen LogP contribution in [-0.4, -0.2) is 58.5 Å². The lowest BCUT2D eigenvalue weighted by Crippen LogP contribution is -2.60. The Balaban J connectivity index is 1.65. The Labute approximate surface area is 256 Å². The van der Waals surface area contributed by atoms with Crippen molar-refractivity contribution in [3.05, 3.63) is 65.2 Å². The van der Waals surface area contributed by atoms with Crippen molar-refractivity contribution in [1.82, 2.24) is 10.0 Å². The van der Waals surface area contributed by atoms with Crippen molar-refractivity contribution in [2.45, 2.75) is 68.1 Å². The third-order valence-electron chi connectivity index (χ3n) is 7.66. The van der Waals surface area contributed by atoms with Crippen LogP contribution in [0.25, 0.3) is 5.57 Å². The van der Waals surface area contributed by atoms with Gasteiger partial charge in [-0.2, -0.15) is 26.3 Å². The molecule has 2 aliphatic rings. The summed E-state index contributed by atoms with van der Waals surface area (Å²) < 4.78 is 114. The Morgan fingerprint density at radius 2 is 1.60 bits per heavy atom. The van der Waals surface area contributed by atoms with E-state index in [9.17, 15) is 44.3 Å². The van der Waals surface area contributed by atoms with E-state index < -0.39 is 63.4 Å². The van der Waals surface area contributed by atoms with Crippen molar-refractivity contribution in [1.29, 1.82) is 0 Å². The van der Waals surface area contributed by atoms with E-state index in [1.165, 1.54) is 24.3 Å². The van der Waals surface area contributed by atoms with E-state index in [0.29, 0.717) is 24.9 Å². The van der Waals surface area contributed by atoms with Gasteiger partial charge in [0.05, 0.1) is 11.9 Å². The molecule has 246 valence electrons. The first-order valence-electron chi connectivity index (χ1n) is 14.2. The third-order valence-corrected chi connectivity index (χ3v) is 9.48. The van der Waals surface area contributed by atoms with Gasteiger partial charge in [0.2, 0.25) is 10.0 Å². The van der Waals surface area contributed by atoms with Gasteiger partial charge in [-0.05, 0) is 73.1 Å². The minimum Gasteiger partial charge on any atom is -0.494 e. The molecule has 0 saturated heterocycles. The number of carbonyl (C=O) groups is 2. The molecular weight excluding hydrogens is 628 g/mol. The summed E-state index contributed by atoms with van der Waals surface area (Å²) in [5, 5.41) is 1.14. The summed E-state index contributed by atoms with van der Waals surface area (Å²) in [6, 6.07) is 10.8. The Bertz CT molecular complexity index is 1530. The van der Waals surface area contributed by atoms with Crippen LogP contribution in [0.2, 0.25) is 0 Å². The van der Waals surface area contributed by atoms with Crippen molar-refractivity contribution >= 4 is 33.1 Å². The number of amides is 2. The molecule has 1 aliphatic carbocycles. The molecule has 8 nitrogen and oxygen atoms in total. The summed E-state index contributed by atoms with van der Waals surface area (Å²) in [6.45, 7) is 0.0520. The average Bonchev–Trinajstić information content (AvgIpc) is 3.80. The van der Waals surface area contributed by atoms with Crippen LogP contribution in [0, 0.1) is 0 Å². The predicted molar refractivity (Wildman–Crippen MR) is 155 cm³/mol. The maximum absolute atomic E-state index is 15.0. The number of rotatable bonds is 12. The van der Waals surface area contributed by atoms with Gasteiger partial charge in [0.15, 0.2) is 5.54 Å². The second-order valence-electron chi connectivity index (χ2n) is 11.3. The van der Waals surface area contributed by atoms with Crippen LogP contribution in [0.5, 0.6) is 5.75 Å². The predicted octanol–water partition coefficient (Wildman–Crippen LogP) is 5.59. The highest BCUT2D eigenvalue weighted by Gasteiger charge is 2.60. The fourth-order valence-electron chi connectivity index (χ4n) is 5.02. The van der Waals surface area contributed by atoms with Crippen molar-refractivity contribution in [2.75, 3.05) is 25.6 Å². The van der Waals surface area contributed by atoms with E-state index in [2.05, 4.69) is 0 Å². The number of sulfonamides is 1. The van der Waals surface area contributed by atoms with Crippen LogP contribution in [0.15, 0.2) is 54.1 Å². The lowest BCUT2D eigenvalue weighted by Gasteiger charge is -2.41. The van der Waals surface area contributed by atoms with Crippen LogP contribution >= 0.6 is 0 Å². The Hall–Kier alpha value is -3.75. The Morgan fingerprint density at radius 1 is 0.978 bits per heavy atom. The van der Waals surface area contributed by atoms with E-state index in [-0.39, 0.29) is 41.9 Å². The highest BCUT2D eigenvalue weighted by Crippen LogP contribution is 2.49. The zero-order valence-corrected chi connectivity index (χ0v) is 25.3. The number of alkyl halides is 6. The van der Waals surface area contributed by atoms with E-state index in [1.54, 1.807) is 31.1 Å². The molecule has 2 N–H and O–H groups in total. The summed E-state index contributed by atoms with van der Waals surface area (Å²) in [5.41, 5.74) is -3.56. The van der Waals surface area contributed by atoms with E-state index in [4.69, 9.17) is 4.74 Å². The molecule has 0 radical (unpaired) electrons. The van der Waals surface area contributed by atoms with Crippen LogP contribution in [-0.2, 0) is 25.2 Å². The molecule has 1 unspecified atom stereocenters. The van der Waals surface area contributed by atoms with Crippen LogP contribution in [0.4, 0.5) is 32.0 Å². The maximum Gasteiger partial charge on any atom is 0.416 e. The zero-order chi connectivity index (χ0) is 33.2. The number of nitrogens with one attached hydrogen (secondary N) is 2. The van der Waals surface area contributed by atoms with Crippen LogP contribution in [0.1, 0.15) is 56.1 Å². The van der Waals surface area contributed by atoms with Gasteiger partial charge in [-0.25, -0.2) is 13.1 Å². The first-order valence-corrected chi connectivity index (χ1v) is 15.7. The molecular formula is C30H33F6N3O5S. The fraction of sp³-hybridized carbons (Fsp3) is 0.467. The largest absolute Gasteiger partial charge is 0.494 e. The molecule has 2 aromatic carbocycles. The Morgan fingerprint density at radius 3 is 2.13 bits per heavy atom. The van der Waals surface area contributed by atoms with Crippen molar-refractivity contribution in [3.63, 3.8) is 0 Å². The summed E-state index contributed by atoms with van der Waals surface area (Å²) in [5.74, 6) is -2.54. The van der Waals surface area contributed by atoms with E-state index in [1.807, 2.05) is 10.0 Å². The molecule has 45 heavy (non-hydrogen) atoms. The van der Waals surface area contributed by atoms with Gasteiger partial charge >= 0.3 is 12.4 Å². The van der Waals surface area contributed by atoms with Crippen LogP contribution in [0.3, 0.4) is 0 Å². The van der Waals surface area contributed by atoms with Gasteiger partial charge in [0.25, 0.3) is 11.8 Å². The summed E-state index contributed by atoms with van der Waals surface area (Å²) in [7, 11) is -0.623. The maximum atomic E-state index is 15.0. The molecule has 1 fully saturated rings. The minimum absolute atomic E-state index is 0.0520. The van der Waals surface area contributed by atoms with Crippen molar-refractivity contribution in [2.24, 2.45) is 0 Å². The monoisotopic (exact) mass is 661 g/mol. The molecule has 15 heteroatoms. The highest BCUT2D eigenvalue weighted by atomic mass is 32.2. The third kappa shape index (κ3) is 8.10.